The molecule has 14 heteroatoms. The summed E-state index contributed by atoms with van der Waals surface area (Å²) in [6.07, 6.45) is 5.36. The molecule has 318 valence electrons. The zero-order valence-electron chi connectivity index (χ0n) is 33.2. The van der Waals surface area contributed by atoms with E-state index in [2.05, 4.69) is 19.2 Å². The van der Waals surface area contributed by atoms with Crippen LogP contribution in [0, 0.1) is 0 Å². The summed E-state index contributed by atoms with van der Waals surface area (Å²) in [5.74, 6) is -4.36. The third-order valence-corrected chi connectivity index (χ3v) is 9.68. The van der Waals surface area contributed by atoms with Crippen molar-refractivity contribution in [3.05, 3.63) is 88.0 Å². The molecule has 0 aromatic heterocycles. The highest BCUT2D eigenvalue weighted by Gasteiger charge is 2.38. The highest BCUT2D eigenvalue weighted by atomic mass is 19.4. The first-order chi connectivity index (χ1) is 27.6. The van der Waals surface area contributed by atoms with Crippen LogP contribution in [0.3, 0.4) is 0 Å². The summed E-state index contributed by atoms with van der Waals surface area (Å²) in [7, 11) is 0. The van der Waals surface area contributed by atoms with E-state index in [1.54, 1.807) is 0 Å². The van der Waals surface area contributed by atoms with Crippen molar-refractivity contribution >= 4 is 29.4 Å². The number of rotatable bonds is 24. The SMILES string of the molecule is CCCCCCCCCCOC(=O)c1cc(C(=O)Nc2ccc(-c3ccccc3C(F)(F)F)c(C(F)(F)F)c2)c(C(=O)OCCCCCCCCCC)cc1C(N)=O. The van der Waals surface area contributed by atoms with Gasteiger partial charge in [-0.2, -0.15) is 26.3 Å². The number of ether oxygens (including phenoxy) is 2. The molecule has 0 heterocycles. The Morgan fingerprint density at radius 2 is 0.966 bits per heavy atom. The van der Waals surface area contributed by atoms with E-state index in [4.69, 9.17) is 15.2 Å². The van der Waals surface area contributed by atoms with Gasteiger partial charge in [-0.1, -0.05) is 128 Å². The van der Waals surface area contributed by atoms with Gasteiger partial charge < -0.3 is 20.5 Å². The monoisotopic (exact) mass is 820 g/mol. The van der Waals surface area contributed by atoms with Crippen molar-refractivity contribution in [3.63, 3.8) is 0 Å². The second-order valence-electron chi connectivity index (χ2n) is 14.3. The standard InChI is InChI=1S/C44H54F6N2O6/c1-3-5-7-9-11-13-15-19-25-57-41(55)35-29-34(36(28-33(35)39(51)53)42(56)58-26-20-16-14-12-10-8-6-4-2)40(54)52-30-23-24-32(38(27-30)44(48,49)50)31-21-17-18-22-37(31)43(45,46)47/h17-18,21-24,27-29H,3-16,19-20,25-26H2,1-2H3,(H2,51,53)(H,52,54). The Bertz CT molecular complexity index is 1820. The molecule has 3 aromatic carbocycles. The van der Waals surface area contributed by atoms with E-state index in [0.29, 0.717) is 25.0 Å². The van der Waals surface area contributed by atoms with Gasteiger partial charge >= 0.3 is 24.3 Å². The molecule has 0 fully saturated rings. The number of amides is 2. The molecule has 0 unspecified atom stereocenters. The van der Waals surface area contributed by atoms with Crippen molar-refractivity contribution in [3.8, 4) is 11.1 Å². The topological polar surface area (TPSA) is 125 Å². The van der Waals surface area contributed by atoms with Gasteiger partial charge in [0.05, 0.1) is 46.6 Å². The third-order valence-electron chi connectivity index (χ3n) is 9.68. The molecule has 0 aliphatic heterocycles. The molecule has 0 aliphatic carbocycles. The van der Waals surface area contributed by atoms with Gasteiger partial charge in [0.15, 0.2) is 0 Å². The van der Waals surface area contributed by atoms with Crippen LogP contribution >= 0.6 is 0 Å². The molecule has 0 aliphatic rings. The number of nitrogens with two attached hydrogens (primary N) is 1. The van der Waals surface area contributed by atoms with Crippen molar-refractivity contribution in [2.75, 3.05) is 18.5 Å². The van der Waals surface area contributed by atoms with Crippen molar-refractivity contribution in [1.82, 2.24) is 0 Å². The Labute approximate surface area is 336 Å². The maximum atomic E-state index is 14.4. The number of benzene rings is 3. The Hall–Kier alpha value is -4.88. The van der Waals surface area contributed by atoms with Crippen LogP contribution in [0.15, 0.2) is 54.6 Å². The summed E-state index contributed by atoms with van der Waals surface area (Å²) in [5, 5.41) is 2.26. The normalized spacial score (nSPS) is 11.7. The van der Waals surface area contributed by atoms with Crippen LogP contribution < -0.4 is 11.1 Å². The number of halogens is 6. The van der Waals surface area contributed by atoms with Crippen molar-refractivity contribution in [2.45, 2.75) is 129 Å². The summed E-state index contributed by atoms with van der Waals surface area (Å²) in [6.45, 7) is 4.20. The first kappa shape index (κ1) is 47.5. The molecular formula is C44H54F6N2O6. The zero-order chi connectivity index (χ0) is 42.7. The minimum absolute atomic E-state index is 0.0139. The molecule has 3 aromatic rings. The van der Waals surface area contributed by atoms with Gasteiger partial charge in [-0.25, -0.2) is 9.59 Å². The Morgan fingerprint density at radius 3 is 1.45 bits per heavy atom. The molecule has 0 spiro atoms. The third kappa shape index (κ3) is 14.8. The number of hydrogen-bond acceptors (Lipinski definition) is 6. The second-order valence-corrected chi connectivity index (χ2v) is 14.3. The lowest BCUT2D eigenvalue weighted by Crippen LogP contribution is -2.24. The number of primary amides is 1. The molecule has 8 nitrogen and oxygen atoms in total. The van der Waals surface area contributed by atoms with Gasteiger partial charge in [0, 0.05) is 5.69 Å². The van der Waals surface area contributed by atoms with Gasteiger partial charge in [0.25, 0.3) is 5.91 Å². The van der Waals surface area contributed by atoms with Crippen LogP contribution in [0.2, 0.25) is 0 Å². The minimum Gasteiger partial charge on any atom is -0.462 e. The number of unbranched alkanes of at least 4 members (excludes halogenated alkanes) is 14. The van der Waals surface area contributed by atoms with E-state index in [1.165, 1.54) is 6.07 Å². The van der Waals surface area contributed by atoms with Gasteiger partial charge in [-0.3, -0.25) is 9.59 Å². The molecule has 0 radical (unpaired) electrons. The number of alkyl halides is 6. The van der Waals surface area contributed by atoms with E-state index in [1.807, 2.05) is 0 Å². The van der Waals surface area contributed by atoms with E-state index in [-0.39, 0.29) is 13.2 Å². The quantitative estimate of drug-likeness (QED) is 0.0527. The van der Waals surface area contributed by atoms with Gasteiger partial charge in [-0.15, -0.1) is 0 Å². The summed E-state index contributed by atoms with van der Waals surface area (Å²) in [4.78, 5) is 53.1. The van der Waals surface area contributed by atoms with Crippen LogP contribution in [0.5, 0.6) is 0 Å². The van der Waals surface area contributed by atoms with E-state index in [0.717, 1.165) is 126 Å². The highest BCUT2D eigenvalue weighted by Crippen LogP contribution is 2.43. The minimum atomic E-state index is -5.16. The molecule has 0 bridgehead atoms. The molecule has 3 rings (SSSR count). The fourth-order valence-electron chi connectivity index (χ4n) is 6.54. The number of nitrogens with one attached hydrogen (secondary N) is 1. The summed E-state index contributed by atoms with van der Waals surface area (Å²) >= 11 is 0. The van der Waals surface area contributed by atoms with Gasteiger partial charge in [0.1, 0.15) is 0 Å². The highest BCUT2D eigenvalue weighted by molar-refractivity contribution is 6.15. The molecule has 0 saturated carbocycles. The average molecular weight is 821 g/mol. The second kappa shape index (κ2) is 23.5. The smallest absolute Gasteiger partial charge is 0.417 e. The van der Waals surface area contributed by atoms with Crippen LogP contribution in [0.4, 0.5) is 32.0 Å². The van der Waals surface area contributed by atoms with Crippen molar-refractivity contribution in [2.24, 2.45) is 5.73 Å². The largest absolute Gasteiger partial charge is 0.462 e. The van der Waals surface area contributed by atoms with Crippen LogP contribution in [-0.4, -0.2) is 37.0 Å². The first-order valence-electron chi connectivity index (χ1n) is 20.1. The molecule has 0 atom stereocenters. The zero-order valence-corrected chi connectivity index (χ0v) is 33.2. The summed E-state index contributed by atoms with van der Waals surface area (Å²) in [6, 6.07) is 7.85. The number of esters is 2. The van der Waals surface area contributed by atoms with Gasteiger partial charge in [0.2, 0.25) is 5.91 Å². The van der Waals surface area contributed by atoms with E-state index in [9.17, 15) is 45.5 Å². The van der Waals surface area contributed by atoms with Crippen LogP contribution in [0.25, 0.3) is 11.1 Å². The molecule has 0 saturated heterocycles. The Morgan fingerprint density at radius 1 is 0.534 bits per heavy atom. The maximum absolute atomic E-state index is 14.4. The van der Waals surface area contributed by atoms with Crippen molar-refractivity contribution in [1.29, 1.82) is 0 Å². The number of hydrogen-bond donors (Lipinski definition) is 2. The maximum Gasteiger partial charge on any atom is 0.417 e. The molecule has 58 heavy (non-hydrogen) atoms. The summed E-state index contributed by atoms with van der Waals surface area (Å²) < 4.78 is 95.3. The fraction of sp³-hybridized carbons (Fsp3) is 0.500. The van der Waals surface area contributed by atoms with E-state index >= 15 is 0 Å². The predicted molar refractivity (Wildman–Crippen MR) is 211 cm³/mol. The lowest BCUT2D eigenvalue weighted by atomic mass is 9.94. The van der Waals surface area contributed by atoms with Crippen molar-refractivity contribution < 1.29 is 55.0 Å². The number of carbonyl (C=O) groups is 4. The first-order valence-corrected chi connectivity index (χ1v) is 20.1. The van der Waals surface area contributed by atoms with Gasteiger partial charge in [-0.05, 0) is 54.3 Å². The lowest BCUT2D eigenvalue weighted by Gasteiger charge is -2.19. The molecule has 3 N–H and O–H groups in total. The Balaban J connectivity index is 1.93. The predicted octanol–water partition coefficient (Wildman–Crippen LogP) is 12.3. The van der Waals surface area contributed by atoms with E-state index < -0.39 is 86.3 Å². The number of carbonyl (C=O) groups excluding carboxylic acids is 4. The van der Waals surface area contributed by atoms with Crippen LogP contribution in [0.1, 0.15) is 169 Å². The number of anilines is 1. The average Bonchev–Trinajstić information content (AvgIpc) is 3.18. The molecular weight excluding hydrogens is 766 g/mol. The van der Waals surface area contributed by atoms with Crippen LogP contribution in [-0.2, 0) is 21.8 Å². The fourth-order valence-corrected chi connectivity index (χ4v) is 6.54. The lowest BCUT2D eigenvalue weighted by molar-refractivity contribution is -0.139. The molecule has 2 amide bonds. The Kier molecular flexibility index (Phi) is 19.2. The summed E-state index contributed by atoms with van der Waals surface area (Å²) in [5.41, 5.74) is -1.07.